The SMILES string of the molecule is O=c1[nH]cc(-c2cc(Cl)cc(Cl)c2Cl)cc1CO. The van der Waals surface area contributed by atoms with E-state index in [2.05, 4.69) is 4.98 Å². The summed E-state index contributed by atoms with van der Waals surface area (Å²) in [6.45, 7) is -0.352. The number of aliphatic hydroxyl groups is 1. The zero-order valence-corrected chi connectivity index (χ0v) is 11.3. The number of benzene rings is 1. The van der Waals surface area contributed by atoms with Crippen LogP contribution in [0.5, 0.6) is 0 Å². The molecule has 0 unspecified atom stereocenters. The highest BCUT2D eigenvalue weighted by atomic mass is 35.5. The number of aromatic amines is 1. The van der Waals surface area contributed by atoms with Gasteiger partial charge in [-0.1, -0.05) is 34.8 Å². The Morgan fingerprint density at radius 3 is 2.56 bits per heavy atom. The van der Waals surface area contributed by atoms with Gasteiger partial charge in [-0.05, 0) is 23.8 Å². The molecule has 0 aliphatic carbocycles. The Balaban J connectivity index is 2.65. The van der Waals surface area contributed by atoms with E-state index in [4.69, 9.17) is 39.9 Å². The molecule has 2 N–H and O–H groups in total. The monoisotopic (exact) mass is 303 g/mol. The van der Waals surface area contributed by atoms with Gasteiger partial charge in [0.2, 0.25) is 0 Å². The highest BCUT2D eigenvalue weighted by Crippen LogP contribution is 2.36. The molecule has 0 amide bonds. The topological polar surface area (TPSA) is 53.1 Å². The van der Waals surface area contributed by atoms with Crippen molar-refractivity contribution >= 4 is 34.8 Å². The largest absolute Gasteiger partial charge is 0.391 e. The number of aliphatic hydroxyl groups excluding tert-OH is 1. The van der Waals surface area contributed by atoms with Gasteiger partial charge in [0.05, 0.1) is 16.7 Å². The van der Waals surface area contributed by atoms with Gasteiger partial charge < -0.3 is 10.1 Å². The van der Waals surface area contributed by atoms with Crippen LogP contribution in [-0.2, 0) is 6.61 Å². The van der Waals surface area contributed by atoms with Crippen molar-refractivity contribution in [2.75, 3.05) is 0 Å². The first-order chi connectivity index (χ1) is 8.52. The zero-order valence-electron chi connectivity index (χ0n) is 9.01. The number of rotatable bonds is 2. The third-order valence-electron chi connectivity index (χ3n) is 2.45. The summed E-state index contributed by atoms with van der Waals surface area (Å²) in [5.74, 6) is 0. The van der Waals surface area contributed by atoms with Crippen LogP contribution in [0, 0.1) is 0 Å². The van der Waals surface area contributed by atoms with E-state index in [1.165, 1.54) is 12.3 Å². The fourth-order valence-corrected chi connectivity index (χ4v) is 2.28. The molecule has 0 saturated carbocycles. The predicted molar refractivity (Wildman–Crippen MR) is 73.5 cm³/mol. The number of aromatic nitrogens is 1. The minimum atomic E-state index is -0.352. The lowest BCUT2D eigenvalue weighted by atomic mass is 10.1. The van der Waals surface area contributed by atoms with Gasteiger partial charge in [-0.15, -0.1) is 0 Å². The third kappa shape index (κ3) is 2.54. The number of nitrogens with one attached hydrogen (secondary N) is 1. The van der Waals surface area contributed by atoms with E-state index < -0.39 is 0 Å². The molecule has 0 aliphatic heterocycles. The fourth-order valence-electron chi connectivity index (χ4n) is 1.57. The van der Waals surface area contributed by atoms with Gasteiger partial charge in [0.15, 0.2) is 0 Å². The molecule has 94 valence electrons. The first kappa shape index (κ1) is 13.4. The lowest BCUT2D eigenvalue weighted by Gasteiger charge is -2.08. The van der Waals surface area contributed by atoms with E-state index in [0.717, 1.165) is 0 Å². The average molecular weight is 305 g/mol. The summed E-state index contributed by atoms with van der Waals surface area (Å²) in [5.41, 5.74) is 1.14. The van der Waals surface area contributed by atoms with Gasteiger partial charge >= 0.3 is 0 Å². The Morgan fingerprint density at radius 2 is 1.89 bits per heavy atom. The molecule has 2 aromatic rings. The Hall–Kier alpha value is -1.00. The van der Waals surface area contributed by atoms with Crippen molar-refractivity contribution < 1.29 is 5.11 Å². The van der Waals surface area contributed by atoms with Crippen LogP contribution in [0.1, 0.15) is 5.56 Å². The van der Waals surface area contributed by atoms with Crippen molar-refractivity contribution in [1.29, 1.82) is 0 Å². The van der Waals surface area contributed by atoms with Gasteiger partial charge in [0.25, 0.3) is 5.56 Å². The first-order valence-electron chi connectivity index (χ1n) is 5.00. The molecule has 6 heteroatoms. The number of hydrogen-bond donors (Lipinski definition) is 2. The number of pyridine rings is 1. The summed E-state index contributed by atoms with van der Waals surface area (Å²) in [6, 6.07) is 4.73. The number of hydrogen-bond acceptors (Lipinski definition) is 2. The van der Waals surface area contributed by atoms with E-state index in [-0.39, 0.29) is 17.7 Å². The predicted octanol–water partition coefficient (Wildman–Crippen LogP) is 3.49. The molecule has 0 bridgehead atoms. The van der Waals surface area contributed by atoms with Crippen LogP contribution in [0.15, 0.2) is 29.2 Å². The van der Waals surface area contributed by atoms with Gasteiger partial charge in [-0.3, -0.25) is 4.79 Å². The summed E-state index contributed by atoms with van der Waals surface area (Å²) in [6.07, 6.45) is 1.50. The molecule has 0 atom stereocenters. The number of H-pyrrole nitrogens is 1. The Kier molecular flexibility index (Phi) is 3.97. The third-order valence-corrected chi connectivity index (χ3v) is 3.47. The summed E-state index contributed by atoms with van der Waals surface area (Å²) in [7, 11) is 0. The molecule has 0 aliphatic rings. The maximum absolute atomic E-state index is 11.4. The van der Waals surface area contributed by atoms with Crippen LogP contribution < -0.4 is 5.56 Å². The molecule has 0 saturated heterocycles. The minimum Gasteiger partial charge on any atom is -0.391 e. The standard InChI is InChI=1S/C12H8Cl3NO2/c13-8-2-9(11(15)10(14)3-8)6-1-7(5-17)12(18)16-4-6/h1-4,17H,5H2,(H,16,18). The molecule has 0 radical (unpaired) electrons. The lowest BCUT2D eigenvalue weighted by molar-refractivity contribution is 0.280. The zero-order chi connectivity index (χ0) is 13.3. The Labute approximate surface area is 118 Å². The maximum atomic E-state index is 11.4. The van der Waals surface area contributed by atoms with Crippen LogP contribution in [-0.4, -0.2) is 10.1 Å². The quantitative estimate of drug-likeness (QED) is 0.834. The van der Waals surface area contributed by atoms with Crippen molar-refractivity contribution in [2.24, 2.45) is 0 Å². The van der Waals surface area contributed by atoms with Crippen LogP contribution in [0.4, 0.5) is 0 Å². The summed E-state index contributed by atoms with van der Waals surface area (Å²) in [4.78, 5) is 13.9. The number of halogens is 3. The van der Waals surface area contributed by atoms with E-state index in [9.17, 15) is 4.79 Å². The van der Waals surface area contributed by atoms with Crippen LogP contribution >= 0.6 is 34.8 Å². The molecule has 2 rings (SSSR count). The Morgan fingerprint density at radius 1 is 1.17 bits per heavy atom. The molecular formula is C12H8Cl3NO2. The summed E-state index contributed by atoms with van der Waals surface area (Å²) >= 11 is 17.9. The highest BCUT2D eigenvalue weighted by molar-refractivity contribution is 6.45. The molecule has 0 spiro atoms. The van der Waals surface area contributed by atoms with Crippen molar-refractivity contribution in [3.05, 3.63) is 55.4 Å². The van der Waals surface area contributed by atoms with Gasteiger partial charge in [-0.2, -0.15) is 0 Å². The molecule has 1 aromatic carbocycles. The van der Waals surface area contributed by atoms with Crippen LogP contribution in [0.3, 0.4) is 0 Å². The molecule has 0 fully saturated rings. The molecule has 1 aromatic heterocycles. The van der Waals surface area contributed by atoms with Crippen molar-refractivity contribution in [3.8, 4) is 11.1 Å². The fraction of sp³-hybridized carbons (Fsp3) is 0.0833. The molecule has 18 heavy (non-hydrogen) atoms. The smallest absolute Gasteiger partial charge is 0.253 e. The van der Waals surface area contributed by atoms with Gasteiger partial charge in [-0.25, -0.2) is 0 Å². The normalized spacial score (nSPS) is 10.7. The van der Waals surface area contributed by atoms with Crippen molar-refractivity contribution in [1.82, 2.24) is 4.98 Å². The molecule has 1 heterocycles. The van der Waals surface area contributed by atoms with E-state index in [1.807, 2.05) is 0 Å². The van der Waals surface area contributed by atoms with Crippen molar-refractivity contribution in [3.63, 3.8) is 0 Å². The molecule has 3 nitrogen and oxygen atoms in total. The lowest BCUT2D eigenvalue weighted by Crippen LogP contribution is -2.11. The van der Waals surface area contributed by atoms with E-state index in [0.29, 0.717) is 26.2 Å². The van der Waals surface area contributed by atoms with Gasteiger partial charge in [0.1, 0.15) is 0 Å². The van der Waals surface area contributed by atoms with Gasteiger partial charge in [0, 0.05) is 22.3 Å². The highest BCUT2D eigenvalue weighted by Gasteiger charge is 2.11. The average Bonchev–Trinajstić information content (AvgIpc) is 2.34. The van der Waals surface area contributed by atoms with E-state index in [1.54, 1.807) is 12.1 Å². The first-order valence-corrected chi connectivity index (χ1v) is 6.13. The van der Waals surface area contributed by atoms with Crippen LogP contribution in [0.25, 0.3) is 11.1 Å². The van der Waals surface area contributed by atoms with Crippen molar-refractivity contribution in [2.45, 2.75) is 6.61 Å². The second-order valence-corrected chi connectivity index (χ2v) is 4.87. The Bertz CT molecular complexity index is 652. The van der Waals surface area contributed by atoms with Crippen LogP contribution in [0.2, 0.25) is 15.1 Å². The summed E-state index contributed by atoms with van der Waals surface area (Å²) in [5, 5.41) is 10.2. The summed E-state index contributed by atoms with van der Waals surface area (Å²) < 4.78 is 0. The molecular weight excluding hydrogens is 296 g/mol. The maximum Gasteiger partial charge on any atom is 0.253 e. The van der Waals surface area contributed by atoms with E-state index >= 15 is 0 Å². The second kappa shape index (κ2) is 5.33. The second-order valence-electron chi connectivity index (χ2n) is 3.65. The minimum absolute atomic E-state index is 0.250.